The van der Waals surface area contributed by atoms with Gasteiger partial charge in [-0.3, -0.25) is 4.98 Å². The van der Waals surface area contributed by atoms with Crippen molar-refractivity contribution in [2.24, 2.45) is 0 Å². The minimum absolute atomic E-state index is 0. The quantitative estimate of drug-likeness (QED) is 0.123. The van der Waals surface area contributed by atoms with Gasteiger partial charge in [-0.05, 0) is 89.2 Å². The van der Waals surface area contributed by atoms with Crippen LogP contribution in [0.2, 0.25) is 17.3 Å². The fourth-order valence-corrected chi connectivity index (χ4v) is 10.3. The summed E-state index contributed by atoms with van der Waals surface area (Å²) in [5.41, 5.74) is 6.80. The molecule has 10 aromatic rings. The molecule has 0 aliphatic carbocycles. The molecule has 1 radical (unpaired) electrons. The summed E-state index contributed by atoms with van der Waals surface area (Å²) in [5.74, 6) is 7.19. The molecule has 0 aliphatic heterocycles. The maximum absolute atomic E-state index is 15.2. The molecular weight excluding hydrogens is 1040 g/mol. The summed E-state index contributed by atoms with van der Waals surface area (Å²) in [4.78, 5) is 9.62. The molecule has 0 saturated carbocycles. The predicted molar refractivity (Wildman–Crippen MR) is 268 cm³/mol. The molecular formula is C58H52FGeIrN3O-2. The van der Waals surface area contributed by atoms with Crippen molar-refractivity contribution in [3.63, 3.8) is 0 Å². The normalized spacial score (nSPS) is 14.4. The smallest absolute Gasteiger partial charge is 0 e. The van der Waals surface area contributed by atoms with E-state index in [0.717, 1.165) is 39.0 Å². The minimum Gasteiger partial charge on any atom is 0 e. The molecule has 3 heterocycles. The monoisotopic (exact) mass is 1100 g/mol. The minimum atomic E-state index is -2.99. The fraction of sp³-hybridized carbons (Fsp3) is 0.172. The van der Waals surface area contributed by atoms with E-state index >= 15 is 4.39 Å². The van der Waals surface area contributed by atoms with Gasteiger partial charge < -0.3 is 8.98 Å². The van der Waals surface area contributed by atoms with E-state index in [9.17, 15) is 0 Å². The maximum Gasteiger partial charge on any atom is 0 e. The Hall–Kier alpha value is -5.92. The van der Waals surface area contributed by atoms with E-state index in [2.05, 4.69) is 73.4 Å². The summed E-state index contributed by atoms with van der Waals surface area (Å²) in [6.45, 7) is -2.42. The third-order valence-corrected chi connectivity index (χ3v) is 15.8. The third-order valence-electron chi connectivity index (χ3n) is 11.5. The van der Waals surface area contributed by atoms with Gasteiger partial charge in [0.1, 0.15) is 11.4 Å². The Balaban J connectivity index is 0.000000365. The van der Waals surface area contributed by atoms with Crippen molar-refractivity contribution >= 4 is 50.6 Å². The number of hydrogen-bond acceptors (Lipinski definition) is 3. The van der Waals surface area contributed by atoms with Gasteiger partial charge >= 0.3 is 99.8 Å². The molecule has 0 N–H and O–H groups in total. The van der Waals surface area contributed by atoms with Crippen LogP contribution in [-0.4, -0.2) is 27.8 Å². The predicted octanol–water partition coefficient (Wildman–Crippen LogP) is 15.2. The number of halogens is 1. The zero-order valence-electron chi connectivity index (χ0n) is 45.9. The second-order valence-corrected chi connectivity index (χ2v) is 28.7. The second kappa shape index (κ2) is 18.2. The number of aromatic nitrogens is 3. The van der Waals surface area contributed by atoms with Crippen LogP contribution in [0.15, 0.2) is 156 Å². The summed E-state index contributed by atoms with van der Waals surface area (Å²) < 4.78 is 98.3. The summed E-state index contributed by atoms with van der Waals surface area (Å²) in [6.07, 6.45) is 2.04. The van der Waals surface area contributed by atoms with Crippen LogP contribution in [0.3, 0.4) is 0 Å². The van der Waals surface area contributed by atoms with Gasteiger partial charge in [-0.15, -0.1) is 18.2 Å². The number of furan rings is 1. The Morgan fingerprint density at radius 2 is 1.49 bits per heavy atom. The van der Waals surface area contributed by atoms with Gasteiger partial charge in [0.05, 0.1) is 28.1 Å². The number of rotatable bonds is 6. The van der Waals surface area contributed by atoms with E-state index < -0.39 is 56.3 Å². The number of para-hydroxylation sites is 1. The van der Waals surface area contributed by atoms with Gasteiger partial charge in [-0.1, -0.05) is 105 Å². The average Bonchev–Trinajstić information content (AvgIpc) is 3.90. The van der Waals surface area contributed by atoms with Crippen molar-refractivity contribution in [1.29, 1.82) is 0 Å². The first-order valence-electron chi connectivity index (χ1n) is 25.7. The first-order chi connectivity index (χ1) is 34.3. The maximum atomic E-state index is 15.2. The average molecular weight is 1100 g/mol. The standard InChI is InChI=1S/C44H36FN2O.C14H16GeN.Ir/c1-26-22-31(23-27(2)28(26)3)30-18-20-34-35-15-10-16-36(42(35)48-40(34)24-30)43-46-38-21-19-32(45)25-39(38)47(43)41-33(29-12-8-7-9-13-29)14-11-17-37(41)44(4,5)6;1-15(2,3)13-9-10-14(16-11-13)12-7-5-4-6-8-12;/h7-15,17-25H,1-6H3;4-7,9-11H,1-3H3;/q2*-1;/i1D3,2D3,3D3;;. The van der Waals surface area contributed by atoms with Crippen molar-refractivity contribution in [2.45, 2.75) is 64.0 Å². The number of pyridine rings is 1. The van der Waals surface area contributed by atoms with E-state index in [0.29, 0.717) is 44.5 Å². The van der Waals surface area contributed by atoms with Gasteiger partial charge in [0.2, 0.25) is 0 Å². The number of benzene rings is 7. The van der Waals surface area contributed by atoms with Gasteiger partial charge in [0.15, 0.2) is 0 Å². The number of hydrogen-bond donors (Lipinski definition) is 0. The molecule has 7 heteroatoms. The first kappa shape index (κ1) is 35.4. The Morgan fingerprint density at radius 1 is 0.708 bits per heavy atom. The molecule has 10 rings (SSSR count). The number of fused-ring (bicyclic) bond motifs is 4. The van der Waals surface area contributed by atoms with Crippen LogP contribution < -0.4 is 4.40 Å². The number of aryl methyl sites for hydroxylation is 2. The molecule has 4 nitrogen and oxygen atoms in total. The van der Waals surface area contributed by atoms with Crippen molar-refractivity contribution in [1.82, 2.24) is 14.5 Å². The largest absolute Gasteiger partial charge is 0 e. The SMILES string of the molecule is [2H]C([2H])([2H])c1cc(-c2ccc3c(c2)oc2c(-c4nc5ccc(F)cc5n4-c4c(-c5ccccc5)cccc4C(C)(C)C)[c-]ccc23)cc(C([2H])([2H])[2H])c1C([2H])([2H])[2H].[CH3][Ge]([CH3])([CH3])[c]1ccc(-c2[c-]cccc2)nc1.[Ir]. The molecule has 0 saturated heterocycles. The molecule has 0 aliphatic rings. The third kappa shape index (κ3) is 9.05. The van der Waals surface area contributed by atoms with E-state index in [4.69, 9.17) is 21.7 Å². The van der Waals surface area contributed by atoms with Crippen LogP contribution in [0.25, 0.3) is 83.6 Å². The molecule has 0 bridgehead atoms. The van der Waals surface area contributed by atoms with Crippen molar-refractivity contribution in [2.75, 3.05) is 0 Å². The van der Waals surface area contributed by atoms with Crippen molar-refractivity contribution < 1.29 is 41.2 Å². The van der Waals surface area contributed by atoms with Gasteiger partial charge in [0, 0.05) is 43.4 Å². The Labute approximate surface area is 411 Å². The van der Waals surface area contributed by atoms with Crippen LogP contribution in [0.1, 0.15) is 55.4 Å². The van der Waals surface area contributed by atoms with Crippen LogP contribution in [0, 0.1) is 38.5 Å². The molecule has 0 fully saturated rings. The Bertz CT molecular complexity index is 3630. The van der Waals surface area contributed by atoms with E-state index in [1.807, 2.05) is 83.6 Å². The first-order valence-corrected chi connectivity index (χ1v) is 28.5. The molecule has 7 aromatic carbocycles. The van der Waals surface area contributed by atoms with Gasteiger partial charge in [-0.25, -0.2) is 4.39 Å². The summed E-state index contributed by atoms with van der Waals surface area (Å²) in [5, 5.41) is 1.44. The molecule has 327 valence electrons. The van der Waals surface area contributed by atoms with Crippen molar-refractivity contribution in [3.8, 4) is 50.6 Å². The van der Waals surface area contributed by atoms with Crippen LogP contribution in [-0.2, 0) is 25.5 Å². The topological polar surface area (TPSA) is 43.9 Å². The summed E-state index contributed by atoms with van der Waals surface area (Å²) in [6, 6.07) is 50.7. The molecule has 0 amide bonds. The number of imidazole rings is 1. The van der Waals surface area contributed by atoms with Gasteiger partial charge in [0.25, 0.3) is 0 Å². The van der Waals surface area contributed by atoms with E-state index in [1.54, 1.807) is 30.3 Å². The molecule has 0 unspecified atom stereocenters. The van der Waals surface area contributed by atoms with E-state index in [-0.39, 0.29) is 31.1 Å². The fourth-order valence-electron chi connectivity index (χ4n) is 8.13. The zero-order valence-corrected chi connectivity index (χ0v) is 41.4. The zero-order chi connectivity index (χ0) is 52.4. The Morgan fingerprint density at radius 3 is 2.17 bits per heavy atom. The van der Waals surface area contributed by atoms with E-state index in [1.165, 1.54) is 28.7 Å². The second-order valence-electron chi connectivity index (χ2n) is 18.0. The van der Waals surface area contributed by atoms with Crippen molar-refractivity contribution in [3.05, 3.63) is 192 Å². The number of nitrogens with zero attached hydrogens (tertiary/aromatic N) is 3. The van der Waals surface area contributed by atoms with Crippen LogP contribution >= 0.6 is 0 Å². The Kier molecular flexibility index (Phi) is 9.88. The molecule has 0 atom stereocenters. The summed E-state index contributed by atoms with van der Waals surface area (Å²) in [7, 11) is 0. The van der Waals surface area contributed by atoms with Crippen LogP contribution in [0.4, 0.5) is 4.39 Å². The molecule has 3 aromatic heterocycles. The van der Waals surface area contributed by atoms with Crippen LogP contribution in [0.5, 0.6) is 0 Å². The van der Waals surface area contributed by atoms with Gasteiger partial charge in [-0.2, -0.15) is 0 Å². The molecule has 0 spiro atoms. The molecule has 65 heavy (non-hydrogen) atoms. The summed E-state index contributed by atoms with van der Waals surface area (Å²) >= 11 is -1.72.